The van der Waals surface area contributed by atoms with E-state index >= 15 is 0 Å². The van der Waals surface area contributed by atoms with E-state index in [1.807, 2.05) is 0 Å². The van der Waals surface area contributed by atoms with Gasteiger partial charge in [-0.3, -0.25) is 0 Å². The summed E-state index contributed by atoms with van der Waals surface area (Å²) in [4.78, 5) is 0. The Kier molecular flexibility index (Phi) is 13.3. The Morgan fingerprint density at radius 3 is 1.22 bits per heavy atom. The fourth-order valence-corrected chi connectivity index (χ4v) is 10.7. The van der Waals surface area contributed by atoms with Gasteiger partial charge in [0.1, 0.15) is 0 Å². The van der Waals surface area contributed by atoms with Gasteiger partial charge in [-0.2, -0.15) is 0 Å². The summed E-state index contributed by atoms with van der Waals surface area (Å²) in [7, 11) is -3.46. The summed E-state index contributed by atoms with van der Waals surface area (Å²) < 4.78 is 23.7. The van der Waals surface area contributed by atoms with Crippen molar-refractivity contribution in [2.75, 3.05) is 0 Å². The quantitative estimate of drug-likeness (QED) is 0.148. The first kappa shape index (κ1) is 24.9. The highest BCUT2D eigenvalue weighted by Crippen LogP contribution is 2.51. The van der Waals surface area contributed by atoms with Gasteiger partial charge < -0.3 is 0 Å². The third kappa shape index (κ3) is 8.87. The second-order valence-corrected chi connectivity index (χ2v) is 18.2. The van der Waals surface area contributed by atoms with Crippen molar-refractivity contribution in [3.05, 3.63) is 0 Å². The molecule has 0 N–H and O–H groups in total. The molecule has 0 aromatic heterocycles. The minimum Gasteiger partial charge on any atom is -0.224 e. The van der Waals surface area contributed by atoms with E-state index in [1.165, 1.54) is 25.7 Å². The van der Waals surface area contributed by atoms with Crippen LogP contribution in [0.3, 0.4) is 0 Å². The van der Waals surface area contributed by atoms with Crippen molar-refractivity contribution in [3.8, 4) is 0 Å². The Balaban J connectivity index is 4.52. The smallest absolute Gasteiger partial charge is 0.201 e. The molecule has 0 rings (SSSR count). The molecule has 0 amide bonds. The van der Waals surface area contributed by atoms with Crippen LogP contribution >= 0.6 is 63.7 Å². The van der Waals surface area contributed by atoms with Crippen LogP contribution in [-0.4, -0.2) is 13.5 Å². The van der Waals surface area contributed by atoms with Gasteiger partial charge in [-0.05, 0) is 12.8 Å². The van der Waals surface area contributed by atoms with Gasteiger partial charge in [-0.15, -0.1) is 0 Å². The molecular weight excluding hydrogens is 576 g/mol. The SMILES string of the molecule is CCCCCCCC(Br)(Br)S(=O)(=O)C(Br)(Br)CCCCCCC. The molecule has 0 fully saturated rings. The predicted molar refractivity (Wildman–Crippen MR) is 117 cm³/mol. The van der Waals surface area contributed by atoms with E-state index < -0.39 is 15.0 Å². The number of sulfone groups is 1. The minimum atomic E-state index is -3.46. The maximum atomic E-state index is 12.9. The zero-order chi connectivity index (χ0) is 18.0. The van der Waals surface area contributed by atoms with Gasteiger partial charge in [0, 0.05) is 0 Å². The zero-order valence-corrected chi connectivity index (χ0v) is 21.4. The van der Waals surface area contributed by atoms with E-state index in [0.29, 0.717) is 12.8 Å². The normalized spacial score (nSPS) is 13.5. The molecule has 0 saturated carbocycles. The van der Waals surface area contributed by atoms with Gasteiger partial charge in [-0.25, -0.2) is 8.42 Å². The van der Waals surface area contributed by atoms with Crippen LogP contribution in [0.1, 0.15) is 90.9 Å². The molecule has 0 aliphatic rings. The first-order chi connectivity index (χ1) is 10.6. The number of rotatable bonds is 14. The van der Waals surface area contributed by atoms with E-state index in [0.717, 1.165) is 38.5 Å². The molecule has 140 valence electrons. The maximum Gasteiger partial charge on any atom is 0.201 e. The van der Waals surface area contributed by atoms with Gasteiger partial charge >= 0.3 is 0 Å². The van der Waals surface area contributed by atoms with Crippen LogP contribution < -0.4 is 0 Å². The molecule has 0 heterocycles. The molecule has 0 spiro atoms. The zero-order valence-electron chi connectivity index (χ0n) is 14.2. The lowest BCUT2D eigenvalue weighted by Gasteiger charge is -2.30. The lowest BCUT2D eigenvalue weighted by atomic mass is 10.1. The summed E-state index contributed by atoms with van der Waals surface area (Å²) in [5.41, 5.74) is 0. The fourth-order valence-electron chi connectivity index (χ4n) is 2.36. The van der Waals surface area contributed by atoms with Crippen molar-refractivity contribution in [1.82, 2.24) is 0 Å². The van der Waals surface area contributed by atoms with E-state index in [2.05, 4.69) is 77.6 Å². The van der Waals surface area contributed by atoms with Crippen molar-refractivity contribution in [3.63, 3.8) is 0 Å². The first-order valence-corrected chi connectivity index (χ1v) is 13.3. The largest absolute Gasteiger partial charge is 0.224 e. The number of hydrogen-bond donors (Lipinski definition) is 0. The highest BCUT2D eigenvalue weighted by atomic mass is 79.9. The molecule has 0 aliphatic heterocycles. The summed E-state index contributed by atoms with van der Waals surface area (Å²) in [6.07, 6.45) is 12.2. The van der Waals surface area contributed by atoms with Gasteiger partial charge in [-0.1, -0.05) is 142 Å². The minimum absolute atomic E-state index is 0.563. The van der Waals surface area contributed by atoms with Crippen molar-refractivity contribution < 1.29 is 8.42 Å². The summed E-state index contributed by atoms with van der Waals surface area (Å²) in [6.45, 7) is 4.35. The molecule has 0 saturated heterocycles. The summed E-state index contributed by atoms with van der Waals surface area (Å²) >= 11 is 13.6. The average molecular weight is 606 g/mol. The molecule has 0 radical (unpaired) electrons. The summed E-state index contributed by atoms with van der Waals surface area (Å²) in [5.74, 6) is 0. The van der Waals surface area contributed by atoms with Crippen LogP contribution in [0.5, 0.6) is 0 Å². The Hall–Kier alpha value is 1.87. The van der Waals surface area contributed by atoms with E-state index in [1.54, 1.807) is 0 Å². The third-order valence-electron chi connectivity index (χ3n) is 3.93. The molecule has 0 bridgehead atoms. The van der Waals surface area contributed by atoms with Crippen molar-refractivity contribution >= 4 is 73.6 Å². The molecule has 0 aliphatic carbocycles. The Labute approximate surface area is 176 Å². The van der Waals surface area contributed by atoms with E-state index in [9.17, 15) is 8.42 Å². The molecule has 0 aromatic rings. The molecule has 0 atom stereocenters. The van der Waals surface area contributed by atoms with Crippen molar-refractivity contribution in [1.29, 1.82) is 0 Å². The molecular formula is C16H30Br4O2S. The van der Waals surface area contributed by atoms with Crippen LogP contribution in [-0.2, 0) is 9.84 Å². The van der Waals surface area contributed by atoms with E-state index in [-0.39, 0.29) is 0 Å². The van der Waals surface area contributed by atoms with E-state index in [4.69, 9.17) is 0 Å². The molecule has 7 heteroatoms. The van der Waals surface area contributed by atoms with Crippen LogP contribution in [0.15, 0.2) is 0 Å². The Morgan fingerprint density at radius 2 is 0.913 bits per heavy atom. The number of alkyl halides is 4. The van der Waals surface area contributed by atoms with Gasteiger partial charge in [0.25, 0.3) is 0 Å². The van der Waals surface area contributed by atoms with Crippen LogP contribution in [0.4, 0.5) is 0 Å². The van der Waals surface area contributed by atoms with Gasteiger partial charge in [0.2, 0.25) is 9.84 Å². The first-order valence-electron chi connectivity index (χ1n) is 8.62. The Bertz CT molecular complexity index is 376. The van der Waals surface area contributed by atoms with Crippen molar-refractivity contribution in [2.45, 2.75) is 96.0 Å². The standard InChI is InChI=1S/C16H30Br4O2S/c1-3-5-7-9-11-13-15(17,18)23(21,22)16(19,20)14-12-10-8-6-4-2/h3-14H2,1-2H3. The van der Waals surface area contributed by atoms with Gasteiger partial charge in [0.05, 0.1) is 0 Å². The number of hydrogen-bond acceptors (Lipinski definition) is 2. The highest BCUT2D eigenvalue weighted by Gasteiger charge is 2.50. The van der Waals surface area contributed by atoms with Crippen molar-refractivity contribution in [2.24, 2.45) is 0 Å². The summed E-state index contributed by atoms with van der Waals surface area (Å²) in [6, 6.07) is 0. The second kappa shape index (κ2) is 12.3. The maximum absolute atomic E-state index is 12.9. The molecule has 23 heavy (non-hydrogen) atoms. The lowest BCUT2D eigenvalue weighted by molar-refractivity contribution is 0.559. The topological polar surface area (TPSA) is 34.1 Å². The van der Waals surface area contributed by atoms with Crippen LogP contribution in [0.25, 0.3) is 0 Å². The predicted octanol–water partition coefficient (Wildman–Crippen LogP) is 8.01. The second-order valence-electron chi connectivity index (χ2n) is 6.11. The Morgan fingerprint density at radius 1 is 0.609 bits per heavy atom. The highest BCUT2D eigenvalue weighted by molar-refractivity contribution is 9.31. The molecule has 0 unspecified atom stereocenters. The molecule has 0 aromatic carbocycles. The lowest BCUT2D eigenvalue weighted by Crippen LogP contribution is -2.38. The van der Waals surface area contributed by atoms with Crippen LogP contribution in [0.2, 0.25) is 0 Å². The average Bonchev–Trinajstić information content (AvgIpc) is 2.46. The third-order valence-corrected chi connectivity index (χ3v) is 12.6. The monoisotopic (exact) mass is 602 g/mol. The number of unbranched alkanes of at least 4 members (excludes halogenated alkanes) is 8. The summed E-state index contributed by atoms with van der Waals surface area (Å²) in [5, 5.41) is 0. The number of halogens is 4. The van der Waals surface area contributed by atoms with Gasteiger partial charge in [0.15, 0.2) is 5.13 Å². The fraction of sp³-hybridized carbons (Fsp3) is 1.00. The van der Waals surface area contributed by atoms with Crippen LogP contribution in [0, 0.1) is 0 Å². The molecule has 2 nitrogen and oxygen atoms in total.